The van der Waals surface area contributed by atoms with Crippen molar-refractivity contribution in [3.05, 3.63) is 50.5 Å². The summed E-state index contributed by atoms with van der Waals surface area (Å²) in [7, 11) is 5.46. The third-order valence-electron chi connectivity index (χ3n) is 4.84. The van der Waals surface area contributed by atoms with Crippen molar-refractivity contribution in [2.45, 2.75) is 25.8 Å². The van der Waals surface area contributed by atoms with Gasteiger partial charge in [-0.2, -0.15) is 5.10 Å². The van der Waals surface area contributed by atoms with Gasteiger partial charge in [-0.1, -0.05) is 19.1 Å². The normalized spacial score (nSPS) is 16.2. The number of hydrogen-bond acceptors (Lipinski definition) is 6. The maximum Gasteiger partial charge on any atom is 0.264 e. The number of carbonyl (C=O) groups excluding carboxylic acids is 1. The zero-order valence-corrected chi connectivity index (χ0v) is 17.1. The number of amides is 1. The SMILES string of the molecule is CCC(=O)N1N=C(c2c(O)n(C)c(=S)[nH]c2=O)C[C@@H]1c1ccc(N(C)C)cc1. The molecular weight excluding hydrogens is 378 g/mol. The molecule has 1 aliphatic rings. The third-order valence-corrected chi connectivity index (χ3v) is 5.22. The Morgan fingerprint density at radius 3 is 2.57 bits per heavy atom. The number of carbonyl (C=O) groups is 1. The lowest BCUT2D eigenvalue weighted by Crippen LogP contribution is -2.26. The molecule has 0 saturated carbocycles. The maximum absolute atomic E-state index is 12.5. The van der Waals surface area contributed by atoms with Crippen molar-refractivity contribution in [1.29, 1.82) is 0 Å². The highest BCUT2D eigenvalue weighted by Crippen LogP contribution is 2.34. The fraction of sp³-hybridized carbons (Fsp3) is 0.368. The highest BCUT2D eigenvalue weighted by atomic mass is 32.1. The van der Waals surface area contributed by atoms with E-state index in [1.807, 2.05) is 43.3 Å². The highest BCUT2D eigenvalue weighted by molar-refractivity contribution is 7.71. The van der Waals surface area contributed by atoms with Gasteiger partial charge >= 0.3 is 0 Å². The van der Waals surface area contributed by atoms with Crippen LogP contribution in [0.5, 0.6) is 5.88 Å². The van der Waals surface area contributed by atoms with E-state index in [0.29, 0.717) is 12.1 Å². The zero-order chi connectivity index (χ0) is 20.6. The summed E-state index contributed by atoms with van der Waals surface area (Å²) >= 11 is 5.02. The van der Waals surface area contributed by atoms with E-state index < -0.39 is 5.56 Å². The van der Waals surface area contributed by atoms with E-state index in [2.05, 4.69) is 10.1 Å². The molecule has 0 radical (unpaired) electrons. The summed E-state index contributed by atoms with van der Waals surface area (Å²) in [5.74, 6) is -0.420. The first-order chi connectivity index (χ1) is 13.2. The van der Waals surface area contributed by atoms with Gasteiger partial charge in [-0.15, -0.1) is 0 Å². The van der Waals surface area contributed by atoms with Crippen LogP contribution in [0, 0.1) is 4.77 Å². The smallest absolute Gasteiger partial charge is 0.264 e. The van der Waals surface area contributed by atoms with Crippen LogP contribution in [0.3, 0.4) is 0 Å². The van der Waals surface area contributed by atoms with Crippen molar-refractivity contribution >= 4 is 29.5 Å². The predicted octanol–water partition coefficient (Wildman–Crippen LogP) is 2.30. The van der Waals surface area contributed by atoms with Gasteiger partial charge in [-0.05, 0) is 29.9 Å². The first-order valence-corrected chi connectivity index (χ1v) is 9.34. The van der Waals surface area contributed by atoms with Gasteiger partial charge in [-0.3, -0.25) is 19.1 Å². The van der Waals surface area contributed by atoms with Gasteiger partial charge < -0.3 is 10.0 Å². The first kappa shape index (κ1) is 19.8. The molecule has 2 N–H and O–H groups in total. The quantitative estimate of drug-likeness (QED) is 0.767. The summed E-state index contributed by atoms with van der Waals surface area (Å²) in [6.45, 7) is 1.76. The van der Waals surface area contributed by atoms with Crippen LogP contribution in [0.4, 0.5) is 5.69 Å². The van der Waals surface area contributed by atoms with Gasteiger partial charge in [0.2, 0.25) is 11.8 Å². The van der Waals surface area contributed by atoms with Crippen molar-refractivity contribution in [3.8, 4) is 5.88 Å². The van der Waals surface area contributed by atoms with Crippen molar-refractivity contribution < 1.29 is 9.90 Å². The number of anilines is 1. The monoisotopic (exact) mass is 401 g/mol. The molecule has 3 rings (SSSR count). The maximum atomic E-state index is 12.5. The number of nitrogens with one attached hydrogen (secondary N) is 1. The van der Waals surface area contributed by atoms with Crippen LogP contribution in [0.25, 0.3) is 0 Å². The minimum atomic E-state index is -0.521. The van der Waals surface area contributed by atoms with Crippen molar-refractivity contribution in [2.75, 3.05) is 19.0 Å². The number of hydrazone groups is 1. The molecule has 148 valence electrons. The first-order valence-electron chi connectivity index (χ1n) is 8.94. The Kier molecular flexibility index (Phi) is 5.37. The fourth-order valence-electron chi connectivity index (χ4n) is 3.18. The lowest BCUT2D eigenvalue weighted by Gasteiger charge is -2.22. The average Bonchev–Trinajstić information content (AvgIpc) is 3.10. The Balaban J connectivity index is 2.05. The number of hydrogen-bond donors (Lipinski definition) is 2. The number of aromatic nitrogens is 2. The lowest BCUT2D eigenvalue weighted by atomic mass is 9.98. The van der Waals surface area contributed by atoms with E-state index in [4.69, 9.17) is 12.2 Å². The van der Waals surface area contributed by atoms with Crippen LogP contribution < -0.4 is 10.5 Å². The lowest BCUT2D eigenvalue weighted by molar-refractivity contribution is -0.132. The standard InChI is InChI=1S/C19H23N5O3S/c1-5-15(25)24-14(11-6-8-12(9-7-11)22(2)3)10-13(21-24)16-17(26)20-19(28)23(4)18(16)27/h6-9,14,27H,5,10H2,1-4H3,(H,20,26,28)/t14-/m1/s1. The number of aromatic amines is 1. The molecule has 9 heteroatoms. The highest BCUT2D eigenvalue weighted by Gasteiger charge is 2.34. The molecule has 0 fully saturated rings. The summed E-state index contributed by atoms with van der Waals surface area (Å²) in [5, 5.41) is 16.2. The number of benzene rings is 1. The number of aromatic hydroxyl groups is 1. The van der Waals surface area contributed by atoms with Gasteiger partial charge in [0.15, 0.2) is 4.77 Å². The van der Waals surface area contributed by atoms with Crippen molar-refractivity contribution in [2.24, 2.45) is 12.1 Å². The molecule has 1 aromatic carbocycles. The Morgan fingerprint density at radius 1 is 1.36 bits per heavy atom. The van der Waals surface area contributed by atoms with Crippen LogP contribution in [0.15, 0.2) is 34.2 Å². The second-order valence-corrected chi connectivity index (χ2v) is 7.25. The van der Waals surface area contributed by atoms with E-state index in [9.17, 15) is 14.7 Å². The molecule has 0 aliphatic carbocycles. The average molecular weight is 401 g/mol. The molecular formula is C19H23N5O3S. The molecule has 1 amide bonds. The summed E-state index contributed by atoms with van der Waals surface area (Å²) in [4.78, 5) is 29.4. The molecule has 0 saturated heterocycles. The second-order valence-electron chi connectivity index (χ2n) is 6.86. The summed E-state index contributed by atoms with van der Waals surface area (Å²) in [6, 6.07) is 7.50. The summed E-state index contributed by atoms with van der Waals surface area (Å²) in [6.07, 6.45) is 0.602. The van der Waals surface area contributed by atoms with E-state index in [-0.39, 0.29) is 34.6 Å². The Labute approximate surface area is 167 Å². The minimum absolute atomic E-state index is 0.0393. The predicted molar refractivity (Wildman–Crippen MR) is 110 cm³/mol. The van der Waals surface area contributed by atoms with Gasteiger partial charge in [0.05, 0.1) is 11.8 Å². The van der Waals surface area contributed by atoms with E-state index >= 15 is 0 Å². The van der Waals surface area contributed by atoms with Crippen LogP contribution in [-0.2, 0) is 11.8 Å². The second kappa shape index (κ2) is 7.59. The Hall–Kier alpha value is -2.94. The summed E-state index contributed by atoms with van der Waals surface area (Å²) < 4.78 is 1.42. The molecule has 2 heterocycles. The molecule has 1 atom stereocenters. The molecule has 0 spiro atoms. The van der Waals surface area contributed by atoms with Crippen molar-refractivity contribution in [3.63, 3.8) is 0 Å². The van der Waals surface area contributed by atoms with E-state index in [0.717, 1.165) is 11.3 Å². The molecule has 0 bridgehead atoms. The molecule has 2 aromatic rings. The van der Waals surface area contributed by atoms with Crippen molar-refractivity contribution in [1.82, 2.24) is 14.6 Å². The number of H-pyrrole nitrogens is 1. The topological polar surface area (TPSA) is 93.9 Å². The molecule has 28 heavy (non-hydrogen) atoms. The van der Waals surface area contributed by atoms with Gasteiger partial charge in [0, 0.05) is 39.7 Å². The van der Waals surface area contributed by atoms with Crippen LogP contribution in [0.2, 0.25) is 0 Å². The van der Waals surface area contributed by atoms with Gasteiger partial charge in [-0.25, -0.2) is 5.01 Å². The minimum Gasteiger partial charge on any atom is -0.494 e. The third kappa shape index (κ3) is 3.45. The van der Waals surface area contributed by atoms with E-state index in [1.165, 1.54) is 9.58 Å². The Morgan fingerprint density at radius 2 is 2.00 bits per heavy atom. The molecule has 0 unspecified atom stereocenters. The molecule has 1 aliphatic heterocycles. The molecule has 8 nitrogen and oxygen atoms in total. The van der Waals surface area contributed by atoms with Crippen LogP contribution in [0.1, 0.15) is 36.9 Å². The molecule has 1 aromatic heterocycles. The summed E-state index contributed by atoms with van der Waals surface area (Å²) in [5.41, 5.74) is 1.82. The van der Waals surface area contributed by atoms with Gasteiger partial charge in [0.25, 0.3) is 5.56 Å². The number of nitrogens with zero attached hydrogens (tertiary/aromatic N) is 4. The Bertz CT molecular complexity index is 1050. The van der Waals surface area contributed by atoms with Crippen LogP contribution >= 0.6 is 12.2 Å². The fourth-order valence-corrected chi connectivity index (χ4v) is 3.36. The largest absolute Gasteiger partial charge is 0.494 e. The zero-order valence-electron chi connectivity index (χ0n) is 16.3. The van der Waals surface area contributed by atoms with Crippen LogP contribution in [-0.4, -0.2) is 45.4 Å². The van der Waals surface area contributed by atoms with E-state index in [1.54, 1.807) is 14.0 Å². The van der Waals surface area contributed by atoms with Gasteiger partial charge in [0.1, 0.15) is 5.56 Å². The number of rotatable bonds is 4.